The van der Waals surface area contributed by atoms with E-state index in [1.807, 2.05) is 11.3 Å². The normalized spacial score (nSPS) is 26.1. The Morgan fingerprint density at radius 3 is 1.95 bits per heavy atom. The summed E-state index contributed by atoms with van der Waals surface area (Å²) in [4.78, 5) is 2.82. The van der Waals surface area contributed by atoms with Crippen LogP contribution in [0.15, 0.2) is 164 Å². The Kier molecular flexibility index (Phi) is 8.35. The van der Waals surface area contributed by atoms with E-state index in [1.54, 1.807) is 11.1 Å². The minimum atomic E-state index is -0.0357. The van der Waals surface area contributed by atoms with Crippen LogP contribution < -0.4 is 15.7 Å². The maximum atomic E-state index is 2.83. The second-order valence-electron chi connectivity index (χ2n) is 25.0. The number of hydrogen-bond donors (Lipinski definition) is 0. The Morgan fingerprint density at radius 1 is 0.514 bits per heavy atom. The molecule has 4 heteroatoms. The molecule has 11 aromatic rings. The summed E-state index contributed by atoms with van der Waals surface area (Å²) >= 11 is 1.96. The quantitative estimate of drug-likeness (QED) is 0.156. The highest BCUT2D eigenvalue weighted by Gasteiger charge is 2.53. The Bertz CT molecular complexity index is 4190. The summed E-state index contributed by atoms with van der Waals surface area (Å²) in [5.74, 6) is 4.36. The van der Waals surface area contributed by atoms with Gasteiger partial charge in [0.25, 0.3) is 0 Å². The van der Waals surface area contributed by atoms with Crippen LogP contribution in [0, 0.1) is 29.6 Å². The molecular weight excluding hydrogens is 912 g/mol. The fraction of sp³-hybridized carbons (Fsp3) is 0.286. The summed E-state index contributed by atoms with van der Waals surface area (Å²) in [6.45, 7) is 2.47. The standard InChI is InChI=1S/C70H59BN2S/c1-2-69(36-41-16-17-42(26-41)37-69)51-20-23-59-55(33-51)56-34-52(70-38-43-27-44(39-70)29-45(28-43)40-70)35-58-68(56)72(59)61-31-50-14-8-9-15-54(50)65-66-60(24-25-62-64(66)57-30-48-12-6-7-13-49(48)32-63(57)74-62)73(71(58)67(61)65)53-21-18-47(19-22-53)46-10-4-3-5-11-46/h3-15,18-25,30-35,41-45H,2,16-17,26-29,36-40H2,1H3. The third-order valence-electron chi connectivity index (χ3n) is 21.2. The van der Waals surface area contributed by atoms with Gasteiger partial charge >= 0.3 is 6.85 Å². The van der Waals surface area contributed by atoms with Gasteiger partial charge in [-0.2, -0.15) is 0 Å². The number of fused-ring (bicyclic) bond motifs is 16. The van der Waals surface area contributed by atoms with Crippen molar-refractivity contribution in [2.75, 3.05) is 4.81 Å². The first-order valence-corrected chi connectivity index (χ1v) is 29.3. The van der Waals surface area contributed by atoms with Crippen LogP contribution in [0.4, 0.5) is 11.4 Å². The molecule has 2 aromatic heterocycles. The van der Waals surface area contributed by atoms with E-state index in [2.05, 4.69) is 180 Å². The van der Waals surface area contributed by atoms with E-state index in [1.165, 1.54) is 191 Å². The van der Waals surface area contributed by atoms with Crippen molar-refractivity contribution in [2.24, 2.45) is 29.6 Å². The first-order chi connectivity index (χ1) is 36.5. The molecule has 0 radical (unpaired) electrons. The van der Waals surface area contributed by atoms with Gasteiger partial charge in [-0.05, 0) is 226 Å². The molecule has 2 nitrogen and oxygen atoms in total. The molecule has 2 unspecified atom stereocenters. The van der Waals surface area contributed by atoms with Crippen LogP contribution in [0.25, 0.3) is 91.5 Å². The molecule has 0 N–H and O–H groups in total. The zero-order chi connectivity index (χ0) is 48.2. The Labute approximate surface area is 438 Å². The topological polar surface area (TPSA) is 8.17 Å². The summed E-state index contributed by atoms with van der Waals surface area (Å²) in [5, 5.41) is 11.0. The first kappa shape index (κ1) is 41.7. The summed E-state index contributed by atoms with van der Waals surface area (Å²) in [7, 11) is 0. The predicted octanol–water partition coefficient (Wildman–Crippen LogP) is 17.7. The fourth-order valence-corrected chi connectivity index (χ4v) is 19.7. The van der Waals surface area contributed by atoms with E-state index in [-0.39, 0.29) is 17.7 Å². The zero-order valence-electron chi connectivity index (χ0n) is 42.3. The number of benzene rings is 9. The molecule has 2 aliphatic heterocycles. The van der Waals surface area contributed by atoms with Gasteiger partial charge in [-0.15, -0.1) is 11.3 Å². The van der Waals surface area contributed by atoms with Gasteiger partial charge in [-0.3, -0.25) is 0 Å². The molecule has 19 rings (SSSR count). The Morgan fingerprint density at radius 2 is 1.19 bits per heavy atom. The van der Waals surface area contributed by atoms with E-state index in [4.69, 9.17) is 0 Å². The van der Waals surface area contributed by atoms with Crippen molar-refractivity contribution < 1.29 is 0 Å². The maximum absolute atomic E-state index is 2.83. The summed E-state index contributed by atoms with van der Waals surface area (Å²) in [6.07, 6.45) is 16.7. The van der Waals surface area contributed by atoms with Gasteiger partial charge in [0.05, 0.1) is 11.0 Å². The zero-order valence-corrected chi connectivity index (χ0v) is 43.2. The molecule has 0 spiro atoms. The van der Waals surface area contributed by atoms with Crippen LogP contribution >= 0.6 is 11.3 Å². The van der Waals surface area contributed by atoms with Gasteiger partial charge in [0, 0.05) is 53.6 Å². The van der Waals surface area contributed by atoms with E-state index in [9.17, 15) is 0 Å². The van der Waals surface area contributed by atoms with Gasteiger partial charge < -0.3 is 9.38 Å². The molecule has 0 saturated heterocycles. The lowest BCUT2D eigenvalue weighted by Gasteiger charge is -2.57. The van der Waals surface area contributed by atoms with Gasteiger partial charge in [-0.25, -0.2) is 0 Å². The highest BCUT2D eigenvalue weighted by atomic mass is 32.1. The smallest absolute Gasteiger partial charge is 0.333 e. The van der Waals surface area contributed by atoms with Crippen molar-refractivity contribution in [1.82, 2.24) is 4.57 Å². The molecule has 6 aliphatic carbocycles. The molecule has 358 valence electrons. The van der Waals surface area contributed by atoms with Crippen molar-refractivity contribution >= 4 is 104 Å². The molecule has 6 fully saturated rings. The van der Waals surface area contributed by atoms with Crippen LogP contribution in [0.5, 0.6) is 0 Å². The van der Waals surface area contributed by atoms with Crippen molar-refractivity contribution in [3.63, 3.8) is 0 Å². The second kappa shape index (κ2) is 14.8. The van der Waals surface area contributed by atoms with E-state index < -0.39 is 0 Å². The number of aromatic nitrogens is 1. The molecule has 6 bridgehead atoms. The average Bonchev–Trinajstić information content (AvgIpc) is 4.23. The van der Waals surface area contributed by atoms with Crippen LogP contribution in [0.1, 0.15) is 95.1 Å². The minimum Gasteiger partial charge on any atom is -0.376 e. The fourth-order valence-electron chi connectivity index (χ4n) is 18.6. The molecule has 6 saturated carbocycles. The summed E-state index contributed by atoms with van der Waals surface area (Å²) in [6, 6.07) is 65.1. The van der Waals surface area contributed by atoms with Crippen LogP contribution in [0.2, 0.25) is 0 Å². The largest absolute Gasteiger partial charge is 0.376 e. The lowest BCUT2D eigenvalue weighted by atomic mass is 9.42. The van der Waals surface area contributed by atoms with Crippen LogP contribution in [-0.4, -0.2) is 11.4 Å². The number of nitrogens with zero attached hydrogens (tertiary/aromatic N) is 2. The van der Waals surface area contributed by atoms with Crippen LogP contribution in [-0.2, 0) is 10.8 Å². The third-order valence-corrected chi connectivity index (χ3v) is 22.3. The second-order valence-corrected chi connectivity index (χ2v) is 26.1. The Balaban J connectivity index is 0.982. The van der Waals surface area contributed by atoms with Crippen molar-refractivity contribution in [3.8, 4) is 27.9 Å². The van der Waals surface area contributed by atoms with Crippen molar-refractivity contribution in [1.29, 1.82) is 0 Å². The molecule has 8 aliphatic rings. The highest BCUT2D eigenvalue weighted by Crippen LogP contribution is 2.62. The summed E-state index contributed by atoms with van der Waals surface area (Å²) in [5.41, 5.74) is 18.8. The van der Waals surface area contributed by atoms with Gasteiger partial charge in [0.15, 0.2) is 0 Å². The lowest BCUT2D eigenvalue weighted by Crippen LogP contribution is -2.61. The lowest BCUT2D eigenvalue weighted by molar-refractivity contribution is -0.00509. The Hall–Kier alpha value is -6.62. The first-order valence-electron chi connectivity index (χ1n) is 28.5. The monoisotopic (exact) mass is 970 g/mol. The number of thiophene rings is 1. The van der Waals surface area contributed by atoms with E-state index in [0.717, 1.165) is 29.6 Å². The average molecular weight is 971 g/mol. The van der Waals surface area contributed by atoms with Crippen molar-refractivity contribution in [2.45, 2.75) is 94.8 Å². The number of anilines is 2. The number of hydrogen-bond acceptors (Lipinski definition) is 2. The van der Waals surface area contributed by atoms with E-state index >= 15 is 0 Å². The molecule has 74 heavy (non-hydrogen) atoms. The molecular formula is C70H59BN2S. The van der Waals surface area contributed by atoms with Crippen LogP contribution in [0.3, 0.4) is 0 Å². The summed E-state index contributed by atoms with van der Waals surface area (Å²) < 4.78 is 5.51. The van der Waals surface area contributed by atoms with E-state index in [0.29, 0.717) is 0 Å². The number of rotatable bonds is 5. The highest BCUT2D eigenvalue weighted by molar-refractivity contribution is 7.26. The SMILES string of the molecule is CCC1(c2ccc3c(c2)c2cc(C45CC6CC(CC(C6)C4)C5)cc4c2n3-c2cc3ccccc3c3c2B4N(c2ccc(-c4ccccc4)cc2)c2ccc4sc5cc6ccccc6cc5c4c2-3)CC2CCC(C2)C1. The third kappa shape index (κ3) is 5.58. The van der Waals surface area contributed by atoms with Gasteiger partial charge in [-0.1, -0.05) is 123 Å². The minimum absolute atomic E-state index is 0.0357. The molecule has 2 atom stereocenters. The van der Waals surface area contributed by atoms with Gasteiger partial charge in [0.2, 0.25) is 0 Å². The van der Waals surface area contributed by atoms with Gasteiger partial charge in [0.1, 0.15) is 0 Å². The molecule has 4 heterocycles. The molecule has 0 amide bonds. The van der Waals surface area contributed by atoms with Crippen molar-refractivity contribution in [3.05, 3.63) is 175 Å². The maximum Gasteiger partial charge on any atom is 0.333 e. The molecule has 9 aromatic carbocycles. The predicted molar refractivity (Wildman–Crippen MR) is 315 cm³/mol.